The highest BCUT2D eigenvalue weighted by Gasteiger charge is 2.26. The molecular weight excluding hydrogens is 520 g/mol. The van der Waals surface area contributed by atoms with Gasteiger partial charge in [0.15, 0.2) is 0 Å². The molecule has 0 radical (unpaired) electrons. The molecule has 2 aromatic carbocycles. The minimum absolute atomic E-state index is 0.00175. The average Bonchev–Trinajstić information content (AvgIpc) is 3.23. The van der Waals surface area contributed by atoms with E-state index in [1.54, 1.807) is 58.2 Å². The molecule has 1 amide bonds. The number of ether oxygens (including phenoxy) is 1. The highest BCUT2D eigenvalue weighted by molar-refractivity contribution is 8.01. The van der Waals surface area contributed by atoms with Crippen LogP contribution < -0.4 is 5.73 Å². The second kappa shape index (κ2) is 10.5. The molecule has 1 aromatic heterocycles. The van der Waals surface area contributed by atoms with E-state index in [0.717, 1.165) is 11.3 Å². The van der Waals surface area contributed by atoms with Crippen molar-refractivity contribution >= 4 is 50.8 Å². The lowest BCUT2D eigenvalue weighted by atomic mass is 9.95. The Morgan fingerprint density at radius 2 is 1.78 bits per heavy atom. The molecule has 190 valence electrons. The molecule has 0 saturated carbocycles. The van der Waals surface area contributed by atoms with Crippen LogP contribution in [0, 0.1) is 6.92 Å². The number of sulfone groups is 1. The topological polar surface area (TPSA) is 136 Å². The lowest BCUT2D eigenvalue weighted by molar-refractivity contribution is 0.0603. The smallest absolute Gasteiger partial charge is 0.436 e. The molecule has 0 aliphatic rings. The number of benzene rings is 2. The number of carbonyl (C=O) groups is 2. The summed E-state index contributed by atoms with van der Waals surface area (Å²) in [7, 11) is -4.01. The Morgan fingerprint density at radius 1 is 1.11 bits per heavy atom. The zero-order valence-electron chi connectivity index (χ0n) is 20.4. The molecule has 1 heterocycles. The predicted molar refractivity (Wildman–Crippen MR) is 142 cm³/mol. The van der Waals surface area contributed by atoms with Crippen LogP contribution in [0.2, 0.25) is 0 Å². The number of thioether (sulfide) groups is 1. The number of amidine groups is 1. The van der Waals surface area contributed by atoms with Crippen LogP contribution >= 0.6 is 23.1 Å². The normalized spacial score (nSPS) is 12.4. The number of nitrogens with zero attached hydrogens (tertiary/aromatic N) is 1. The van der Waals surface area contributed by atoms with Gasteiger partial charge in [-0.05, 0) is 74.9 Å². The van der Waals surface area contributed by atoms with Crippen LogP contribution in [0.1, 0.15) is 41.6 Å². The van der Waals surface area contributed by atoms with Gasteiger partial charge < -0.3 is 15.6 Å². The van der Waals surface area contributed by atoms with E-state index in [4.69, 9.17) is 10.5 Å². The zero-order valence-corrected chi connectivity index (χ0v) is 22.8. The molecule has 8 nitrogen and oxygen atoms in total. The molecule has 0 fully saturated rings. The summed E-state index contributed by atoms with van der Waals surface area (Å²) in [5, 5.41) is 9.63. The number of hydrogen-bond acceptors (Lipinski definition) is 7. The maximum atomic E-state index is 13.7. The van der Waals surface area contributed by atoms with E-state index in [0.29, 0.717) is 25.8 Å². The second-order valence-corrected chi connectivity index (χ2v) is 12.8. The van der Waals surface area contributed by atoms with Gasteiger partial charge in [0, 0.05) is 0 Å². The van der Waals surface area contributed by atoms with Crippen LogP contribution in [0.5, 0.6) is 0 Å². The van der Waals surface area contributed by atoms with Crippen molar-refractivity contribution in [3.8, 4) is 11.1 Å². The van der Waals surface area contributed by atoms with Crippen LogP contribution in [0.25, 0.3) is 11.1 Å². The number of carboxylic acids is 1. The van der Waals surface area contributed by atoms with Crippen molar-refractivity contribution in [2.24, 2.45) is 10.7 Å². The molecule has 0 aliphatic heterocycles. The van der Waals surface area contributed by atoms with Gasteiger partial charge in [0.2, 0.25) is 9.84 Å². The highest BCUT2D eigenvalue weighted by Crippen LogP contribution is 2.38. The van der Waals surface area contributed by atoms with Gasteiger partial charge in [-0.2, -0.15) is 4.99 Å². The Bertz CT molecular complexity index is 1470. The van der Waals surface area contributed by atoms with E-state index in [-0.39, 0.29) is 21.2 Å². The van der Waals surface area contributed by atoms with E-state index in [9.17, 15) is 23.1 Å². The quantitative estimate of drug-likeness (QED) is 0.231. The molecule has 11 heteroatoms. The molecule has 0 spiro atoms. The van der Waals surface area contributed by atoms with Gasteiger partial charge in [0.05, 0.1) is 24.4 Å². The summed E-state index contributed by atoms with van der Waals surface area (Å²) in [6.45, 7) is 6.86. The minimum atomic E-state index is -4.01. The molecule has 0 atom stereocenters. The number of rotatable bonds is 6. The summed E-state index contributed by atoms with van der Waals surface area (Å²) in [4.78, 5) is 27.9. The predicted octanol–water partition coefficient (Wildman–Crippen LogP) is 5.62. The molecule has 0 bridgehead atoms. The van der Waals surface area contributed by atoms with Crippen molar-refractivity contribution < 1.29 is 27.9 Å². The first-order chi connectivity index (χ1) is 16.7. The van der Waals surface area contributed by atoms with Gasteiger partial charge in [-0.1, -0.05) is 24.3 Å². The number of carbonyl (C=O) groups excluding carboxylic acids is 1. The third-order valence-electron chi connectivity index (χ3n) is 4.93. The van der Waals surface area contributed by atoms with E-state index in [1.165, 1.54) is 36.0 Å². The fourth-order valence-corrected chi connectivity index (χ4v) is 7.37. The van der Waals surface area contributed by atoms with E-state index in [1.807, 2.05) is 0 Å². The number of aryl methyl sites for hydroxylation is 1. The fourth-order valence-electron chi connectivity index (χ4n) is 3.43. The SMILES string of the molecule is CSc1sc(/C(N)=N\C(=O)OC(C)(C)C)cc1S(=O)(=O)c1cccc(-c2c(C)cccc2C(=O)O)c1. The van der Waals surface area contributed by atoms with E-state index < -0.39 is 27.5 Å². The zero-order chi connectivity index (χ0) is 26.8. The number of thiophene rings is 1. The molecule has 3 N–H and O–H groups in total. The monoisotopic (exact) mass is 546 g/mol. The number of carboxylic acid groups (broad SMARTS) is 1. The van der Waals surface area contributed by atoms with Crippen molar-refractivity contribution in [3.05, 3.63) is 64.5 Å². The van der Waals surface area contributed by atoms with Crippen molar-refractivity contribution in [3.63, 3.8) is 0 Å². The summed E-state index contributed by atoms with van der Waals surface area (Å²) >= 11 is 2.33. The number of hydrogen-bond donors (Lipinski definition) is 2. The van der Waals surface area contributed by atoms with E-state index >= 15 is 0 Å². The maximum absolute atomic E-state index is 13.7. The molecule has 0 unspecified atom stereocenters. The van der Waals surface area contributed by atoms with Gasteiger partial charge in [0.1, 0.15) is 11.4 Å². The molecular formula is C25H26N2O6S3. The number of aromatic carboxylic acids is 1. The summed E-state index contributed by atoms with van der Waals surface area (Å²) in [6, 6.07) is 12.4. The van der Waals surface area contributed by atoms with Crippen molar-refractivity contribution in [2.45, 2.75) is 47.3 Å². The lowest BCUT2D eigenvalue weighted by Gasteiger charge is -2.17. The van der Waals surface area contributed by atoms with Crippen LogP contribution in [0.3, 0.4) is 0 Å². The number of amides is 1. The lowest BCUT2D eigenvalue weighted by Crippen LogP contribution is -2.24. The summed E-state index contributed by atoms with van der Waals surface area (Å²) in [6.07, 6.45) is 0.863. The summed E-state index contributed by atoms with van der Waals surface area (Å²) < 4.78 is 32.9. The Hall–Kier alpha value is -3.15. The standard InChI is InChI=1S/C25H26N2O6S3/c1-14-8-6-11-17(22(28)29)20(14)15-9-7-10-16(12-15)36(31,32)19-13-18(35-23(19)34-5)21(26)27-24(30)33-25(2,3)4/h6-13H,1-5H3,(H,28,29)(H2,26,27,30). The fraction of sp³-hybridized carbons (Fsp3) is 0.240. The summed E-state index contributed by atoms with van der Waals surface area (Å²) in [5.74, 6) is -1.25. The minimum Gasteiger partial charge on any atom is -0.478 e. The first-order valence-corrected chi connectivity index (χ1v) is 14.2. The van der Waals surface area contributed by atoms with Gasteiger partial charge in [-0.3, -0.25) is 0 Å². The van der Waals surface area contributed by atoms with Crippen LogP contribution in [0.4, 0.5) is 4.79 Å². The molecule has 3 rings (SSSR count). The van der Waals surface area contributed by atoms with Crippen LogP contribution in [0.15, 0.2) is 67.5 Å². The number of aliphatic imine (C=N–C) groups is 1. The Labute approximate surface area is 218 Å². The Kier molecular flexibility index (Phi) is 7.97. The largest absolute Gasteiger partial charge is 0.478 e. The van der Waals surface area contributed by atoms with Crippen molar-refractivity contribution in [2.75, 3.05) is 6.26 Å². The second-order valence-electron chi connectivity index (χ2n) is 8.78. The first-order valence-electron chi connectivity index (χ1n) is 10.7. The Balaban J connectivity index is 2.07. The van der Waals surface area contributed by atoms with Gasteiger partial charge in [-0.25, -0.2) is 18.0 Å². The average molecular weight is 547 g/mol. The first kappa shape index (κ1) is 27.4. The maximum Gasteiger partial charge on any atom is 0.436 e. The van der Waals surface area contributed by atoms with Crippen molar-refractivity contribution in [1.82, 2.24) is 0 Å². The van der Waals surface area contributed by atoms with Crippen molar-refractivity contribution in [1.29, 1.82) is 0 Å². The Morgan fingerprint density at radius 3 is 2.39 bits per heavy atom. The van der Waals surface area contributed by atoms with Crippen LogP contribution in [-0.2, 0) is 14.6 Å². The molecule has 0 aliphatic carbocycles. The molecule has 0 saturated heterocycles. The van der Waals surface area contributed by atoms with Gasteiger partial charge >= 0.3 is 12.1 Å². The third kappa shape index (κ3) is 5.97. The molecule has 3 aromatic rings. The highest BCUT2D eigenvalue weighted by atomic mass is 32.2. The van der Waals surface area contributed by atoms with Gasteiger partial charge in [-0.15, -0.1) is 23.1 Å². The summed E-state index contributed by atoms with van der Waals surface area (Å²) in [5.41, 5.74) is 6.95. The van der Waals surface area contributed by atoms with Gasteiger partial charge in [0.25, 0.3) is 0 Å². The third-order valence-corrected chi connectivity index (χ3v) is 9.26. The number of nitrogens with two attached hydrogens (primary N) is 1. The van der Waals surface area contributed by atoms with E-state index in [2.05, 4.69) is 4.99 Å². The van der Waals surface area contributed by atoms with Crippen LogP contribution in [-0.4, -0.2) is 43.3 Å². The molecule has 36 heavy (non-hydrogen) atoms.